The number of nitriles is 1. The zero-order valence-electron chi connectivity index (χ0n) is 7.37. The van der Waals surface area contributed by atoms with Crippen molar-refractivity contribution in [1.29, 1.82) is 5.26 Å². The van der Waals surface area contributed by atoms with Crippen LogP contribution in [0.3, 0.4) is 0 Å². The highest BCUT2D eigenvalue weighted by molar-refractivity contribution is 4.86. The van der Waals surface area contributed by atoms with Crippen LogP contribution in [0.25, 0.3) is 0 Å². The third-order valence-electron chi connectivity index (χ3n) is 1.64. The summed E-state index contributed by atoms with van der Waals surface area (Å²) < 4.78 is 5.31. The zero-order valence-corrected chi connectivity index (χ0v) is 7.37. The third-order valence-corrected chi connectivity index (χ3v) is 1.64. The lowest BCUT2D eigenvalue weighted by atomic mass is 10.1. The summed E-state index contributed by atoms with van der Waals surface area (Å²) in [6.45, 7) is 6.45. The summed E-state index contributed by atoms with van der Waals surface area (Å²) >= 11 is 0. The summed E-state index contributed by atoms with van der Waals surface area (Å²) in [7, 11) is 0. The number of rotatable bonds is 4. The van der Waals surface area contributed by atoms with Gasteiger partial charge in [0, 0.05) is 0 Å². The van der Waals surface area contributed by atoms with Crippen molar-refractivity contribution in [2.75, 3.05) is 6.61 Å². The van der Waals surface area contributed by atoms with Crippen LogP contribution in [0, 0.1) is 17.2 Å². The Hall–Kier alpha value is -0.590. The van der Waals surface area contributed by atoms with E-state index in [2.05, 4.69) is 13.8 Å². The predicted octanol–water partition coefficient (Wildman–Crippen LogP) is 0.898. The number of hydrogen-bond donors (Lipinski definition) is 1. The molecule has 11 heavy (non-hydrogen) atoms. The Morgan fingerprint density at radius 2 is 2.00 bits per heavy atom. The van der Waals surface area contributed by atoms with Crippen molar-refractivity contribution in [3.63, 3.8) is 0 Å². The molecule has 0 aromatic carbocycles. The number of nitrogens with two attached hydrogens (primary N) is 1. The monoisotopic (exact) mass is 156 g/mol. The van der Waals surface area contributed by atoms with E-state index in [1.165, 1.54) is 0 Å². The van der Waals surface area contributed by atoms with Crippen LogP contribution in [0.2, 0.25) is 0 Å². The maximum atomic E-state index is 8.33. The molecule has 0 heterocycles. The Balaban J connectivity index is 3.47. The fraction of sp³-hybridized carbons (Fsp3) is 0.875. The van der Waals surface area contributed by atoms with Crippen LogP contribution in [0.15, 0.2) is 0 Å². The summed E-state index contributed by atoms with van der Waals surface area (Å²) in [5, 5.41) is 8.33. The fourth-order valence-electron chi connectivity index (χ4n) is 0.485. The van der Waals surface area contributed by atoms with E-state index < -0.39 is 6.04 Å². The van der Waals surface area contributed by atoms with Gasteiger partial charge < -0.3 is 10.5 Å². The highest BCUT2D eigenvalue weighted by Gasteiger charge is 2.08. The zero-order chi connectivity index (χ0) is 8.85. The van der Waals surface area contributed by atoms with Gasteiger partial charge in [-0.15, -0.1) is 0 Å². The Kier molecular flexibility index (Phi) is 4.84. The molecule has 2 N–H and O–H groups in total. The van der Waals surface area contributed by atoms with Crippen molar-refractivity contribution < 1.29 is 4.74 Å². The van der Waals surface area contributed by atoms with Crippen LogP contribution in [-0.2, 0) is 4.74 Å². The van der Waals surface area contributed by atoms with Gasteiger partial charge in [0.05, 0.1) is 18.8 Å². The van der Waals surface area contributed by atoms with Crippen molar-refractivity contribution >= 4 is 0 Å². The Labute approximate surface area is 68.1 Å². The third kappa shape index (κ3) is 4.77. The van der Waals surface area contributed by atoms with Crippen LogP contribution in [0.5, 0.6) is 0 Å². The SMILES string of the molecule is CC(C)C(C)OCC(N)C#N. The summed E-state index contributed by atoms with van der Waals surface area (Å²) in [5.41, 5.74) is 5.34. The lowest BCUT2D eigenvalue weighted by Crippen LogP contribution is -2.28. The van der Waals surface area contributed by atoms with Crippen LogP contribution >= 0.6 is 0 Å². The van der Waals surface area contributed by atoms with Crippen molar-refractivity contribution in [3.8, 4) is 6.07 Å². The molecule has 0 aromatic heterocycles. The number of ether oxygens (including phenoxy) is 1. The van der Waals surface area contributed by atoms with Gasteiger partial charge >= 0.3 is 0 Å². The lowest BCUT2D eigenvalue weighted by molar-refractivity contribution is 0.0336. The average Bonchev–Trinajstić information content (AvgIpc) is 1.99. The van der Waals surface area contributed by atoms with Gasteiger partial charge in [0.15, 0.2) is 0 Å². The van der Waals surface area contributed by atoms with Gasteiger partial charge in [-0.05, 0) is 12.8 Å². The fourth-order valence-corrected chi connectivity index (χ4v) is 0.485. The molecule has 0 fully saturated rings. The minimum absolute atomic E-state index is 0.175. The summed E-state index contributed by atoms with van der Waals surface area (Å²) in [6, 6.07) is 1.42. The van der Waals surface area contributed by atoms with E-state index in [0.29, 0.717) is 12.5 Å². The van der Waals surface area contributed by atoms with Gasteiger partial charge in [0.2, 0.25) is 0 Å². The molecule has 0 spiro atoms. The molecule has 0 aliphatic carbocycles. The molecule has 0 radical (unpaired) electrons. The van der Waals surface area contributed by atoms with Crippen molar-refractivity contribution in [1.82, 2.24) is 0 Å². The van der Waals surface area contributed by atoms with Gasteiger partial charge in [0.25, 0.3) is 0 Å². The minimum atomic E-state index is -0.490. The van der Waals surface area contributed by atoms with E-state index in [9.17, 15) is 0 Å². The second kappa shape index (κ2) is 5.11. The predicted molar refractivity (Wildman–Crippen MR) is 43.8 cm³/mol. The molecule has 0 saturated carbocycles. The van der Waals surface area contributed by atoms with E-state index in [-0.39, 0.29) is 6.10 Å². The van der Waals surface area contributed by atoms with Gasteiger partial charge in [-0.25, -0.2) is 0 Å². The first-order valence-electron chi connectivity index (χ1n) is 3.84. The van der Waals surface area contributed by atoms with Crippen molar-refractivity contribution in [3.05, 3.63) is 0 Å². The molecule has 3 nitrogen and oxygen atoms in total. The second-order valence-electron chi connectivity index (χ2n) is 3.02. The normalized spacial score (nSPS) is 16.0. The van der Waals surface area contributed by atoms with Crippen LogP contribution in [0.4, 0.5) is 0 Å². The van der Waals surface area contributed by atoms with Crippen molar-refractivity contribution in [2.24, 2.45) is 11.7 Å². The van der Waals surface area contributed by atoms with Gasteiger partial charge in [-0.2, -0.15) is 5.26 Å². The van der Waals surface area contributed by atoms with Gasteiger partial charge in [0.1, 0.15) is 6.04 Å². The van der Waals surface area contributed by atoms with Gasteiger partial charge in [-0.1, -0.05) is 13.8 Å². The smallest absolute Gasteiger partial charge is 0.116 e. The number of nitrogens with zero attached hydrogens (tertiary/aromatic N) is 1. The molecular weight excluding hydrogens is 140 g/mol. The van der Waals surface area contributed by atoms with Crippen LogP contribution < -0.4 is 5.73 Å². The van der Waals surface area contributed by atoms with Crippen LogP contribution in [0.1, 0.15) is 20.8 Å². The van der Waals surface area contributed by atoms with E-state index >= 15 is 0 Å². The molecule has 0 rings (SSSR count). The summed E-state index contributed by atoms with van der Waals surface area (Å²) in [4.78, 5) is 0. The molecule has 64 valence electrons. The van der Waals surface area contributed by atoms with Gasteiger partial charge in [-0.3, -0.25) is 0 Å². The Morgan fingerprint density at radius 3 is 2.36 bits per heavy atom. The summed E-state index contributed by atoms with van der Waals surface area (Å²) in [5.74, 6) is 0.473. The van der Waals surface area contributed by atoms with Crippen LogP contribution in [-0.4, -0.2) is 18.8 Å². The topological polar surface area (TPSA) is 59.0 Å². The maximum absolute atomic E-state index is 8.33. The highest BCUT2D eigenvalue weighted by Crippen LogP contribution is 2.04. The second-order valence-corrected chi connectivity index (χ2v) is 3.02. The maximum Gasteiger partial charge on any atom is 0.116 e. The molecule has 2 unspecified atom stereocenters. The lowest BCUT2D eigenvalue weighted by Gasteiger charge is -2.16. The number of hydrogen-bond acceptors (Lipinski definition) is 3. The first-order chi connectivity index (χ1) is 5.07. The molecule has 0 aliphatic rings. The molecule has 0 aromatic rings. The Bertz CT molecular complexity index is 140. The van der Waals surface area contributed by atoms with E-state index in [4.69, 9.17) is 15.7 Å². The molecular formula is C8H16N2O. The first kappa shape index (κ1) is 10.4. The molecule has 0 aliphatic heterocycles. The van der Waals surface area contributed by atoms with E-state index in [1.807, 2.05) is 13.0 Å². The minimum Gasteiger partial charge on any atom is -0.376 e. The summed E-state index contributed by atoms with van der Waals surface area (Å²) in [6.07, 6.45) is 0.175. The standard InChI is InChI=1S/C8H16N2O/c1-6(2)7(3)11-5-8(10)4-9/h6-8H,5,10H2,1-3H3. The molecule has 0 amide bonds. The molecule has 0 saturated heterocycles. The molecule has 3 heteroatoms. The Morgan fingerprint density at radius 1 is 1.45 bits per heavy atom. The molecule has 2 atom stereocenters. The largest absolute Gasteiger partial charge is 0.376 e. The average molecular weight is 156 g/mol. The first-order valence-corrected chi connectivity index (χ1v) is 3.84. The van der Waals surface area contributed by atoms with E-state index in [1.54, 1.807) is 0 Å². The quantitative estimate of drug-likeness (QED) is 0.657. The molecule has 0 bridgehead atoms. The highest BCUT2D eigenvalue weighted by atomic mass is 16.5. The van der Waals surface area contributed by atoms with Crippen molar-refractivity contribution in [2.45, 2.75) is 32.9 Å². The van der Waals surface area contributed by atoms with E-state index in [0.717, 1.165) is 0 Å².